The molecule has 3 heterocycles. The first-order chi connectivity index (χ1) is 12.8. The quantitative estimate of drug-likeness (QED) is 0.695. The fourth-order valence-electron chi connectivity index (χ4n) is 3.96. The minimum atomic E-state index is -0.230. The Bertz CT molecular complexity index is 908. The summed E-state index contributed by atoms with van der Waals surface area (Å²) in [6.07, 6.45) is 0.609. The van der Waals surface area contributed by atoms with Gasteiger partial charge >= 0.3 is 0 Å². The fourth-order valence-corrected chi connectivity index (χ4v) is 3.96. The average molecular weight is 348 g/mol. The maximum atomic E-state index is 6.08. The lowest BCUT2D eigenvalue weighted by molar-refractivity contribution is 0.0985. The molecule has 5 heteroatoms. The van der Waals surface area contributed by atoms with Crippen LogP contribution in [0.2, 0.25) is 0 Å². The molecule has 0 N–H and O–H groups in total. The monoisotopic (exact) mass is 348 g/mol. The minimum Gasteiger partial charge on any atom is -0.480 e. The van der Waals surface area contributed by atoms with Gasteiger partial charge in [0.1, 0.15) is 5.75 Å². The molecule has 2 aliphatic rings. The molecular formula is C21H20N2O3. The molecule has 0 unspecified atom stereocenters. The summed E-state index contributed by atoms with van der Waals surface area (Å²) in [5.41, 5.74) is 2.33. The molecule has 132 valence electrons. The van der Waals surface area contributed by atoms with Crippen LogP contribution in [0.25, 0.3) is 0 Å². The van der Waals surface area contributed by atoms with Crippen molar-refractivity contribution >= 4 is 0 Å². The van der Waals surface area contributed by atoms with Crippen molar-refractivity contribution in [3.63, 3.8) is 0 Å². The topological polar surface area (TPSA) is 57.4 Å². The van der Waals surface area contributed by atoms with Crippen molar-refractivity contribution < 1.29 is 13.9 Å². The van der Waals surface area contributed by atoms with Gasteiger partial charge in [-0.3, -0.25) is 0 Å². The van der Waals surface area contributed by atoms with Crippen molar-refractivity contribution in [2.45, 2.75) is 37.4 Å². The Kier molecular flexibility index (Phi) is 3.75. The van der Waals surface area contributed by atoms with E-state index in [1.165, 1.54) is 5.56 Å². The molecular weight excluding hydrogens is 328 g/mol. The molecule has 1 saturated heterocycles. The van der Waals surface area contributed by atoms with E-state index < -0.39 is 0 Å². The molecule has 0 spiro atoms. The molecule has 0 amide bonds. The zero-order valence-electron chi connectivity index (χ0n) is 14.5. The van der Waals surface area contributed by atoms with Gasteiger partial charge in [-0.15, -0.1) is 10.2 Å². The molecule has 4 atom stereocenters. The first-order valence-electron chi connectivity index (χ1n) is 9.06. The number of nitrogens with zero attached hydrogens (tertiary/aromatic N) is 2. The molecule has 2 aromatic carbocycles. The van der Waals surface area contributed by atoms with Crippen molar-refractivity contribution in [3.8, 4) is 5.75 Å². The predicted octanol–water partition coefficient (Wildman–Crippen LogP) is 4.55. The second-order valence-corrected chi connectivity index (χ2v) is 6.94. The van der Waals surface area contributed by atoms with Crippen LogP contribution in [0.3, 0.4) is 0 Å². The van der Waals surface area contributed by atoms with E-state index in [0.717, 1.165) is 17.7 Å². The number of hydrogen-bond donors (Lipinski definition) is 0. The van der Waals surface area contributed by atoms with E-state index in [4.69, 9.17) is 13.9 Å². The average Bonchev–Trinajstić information content (AvgIpc) is 3.41. The molecule has 0 aliphatic carbocycles. The summed E-state index contributed by atoms with van der Waals surface area (Å²) in [6, 6.07) is 18.3. The Balaban J connectivity index is 1.41. The van der Waals surface area contributed by atoms with E-state index in [1.807, 2.05) is 36.4 Å². The number of benzene rings is 2. The van der Waals surface area contributed by atoms with Gasteiger partial charge in [0.05, 0.1) is 12.0 Å². The zero-order valence-corrected chi connectivity index (χ0v) is 14.5. The Morgan fingerprint density at radius 3 is 2.50 bits per heavy atom. The summed E-state index contributed by atoms with van der Waals surface area (Å²) in [7, 11) is 0. The van der Waals surface area contributed by atoms with E-state index in [9.17, 15) is 0 Å². The molecule has 0 saturated carbocycles. The molecule has 1 aromatic heterocycles. The lowest BCUT2D eigenvalue weighted by Gasteiger charge is -2.16. The fraction of sp³-hybridized carbons (Fsp3) is 0.333. The van der Waals surface area contributed by atoms with E-state index in [1.54, 1.807) is 0 Å². The van der Waals surface area contributed by atoms with Crippen molar-refractivity contribution in [1.82, 2.24) is 10.2 Å². The molecule has 0 radical (unpaired) electrons. The lowest BCUT2D eigenvalue weighted by atomic mass is 9.95. The third-order valence-corrected chi connectivity index (χ3v) is 5.35. The molecule has 26 heavy (non-hydrogen) atoms. The smallest absolute Gasteiger partial charge is 0.257 e. The summed E-state index contributed by atoms with van der Waals surface area (Å²) in [5.74, 6) is 2.35. The highest BCUT2D eigenvalue weighted by Crippen LogP contribution is 2.46. The largest absolute Gasteiger partial charge is 0.480 e. The normalized spacial score (nSPS) is 27.3. The third kappa shape index (κ3) is 2.51. The van der Waals surface area contributed by atoms with E-state index in [-0.39, 0.29) is 24.0 Å². The minimum absolute atomic E-state index is 0.0383. The summed E-state index contributed by atoms with van der Waals surface area (Å²) in [4.78, 5) is 0. The molecule has 1 fully saturated rings. The highest BCUT2D eigenvalue weighted by molar-refractivity contribution is 5.41. The lowest BCUT2D eigenvalue weighted by Crippen LogP contribution is -2.08. The second kappa shape index (κ2) is 6.25. The molecule has 5 nitrogen and oxygen atoms in total. The Morgan fingerprint density at radius 1 is 0.885 bits per heavy atom. The van der Waals surface area contributed by atoms with Gasteiger partial charge < -0.3 is 13.9 Å². The van der Waals surface area contributed by atoms with Crippen LogP contribution >= 0.6 is 0 Å². The van der Waals surface area contributed by atoms with E-state index in [0.29, 0.717) is 18.4 Å². The van der Waals surface area contributed by atoms with Crippen LogP contribution in [0.15, 0.2) is 59.0 Å². The first kappa shape index (κ1) is 15.6. The molecule has 5 rings (SSSR count). The summed E-state index contributed by atoms with van der Waals surface area (Å²) < 4.78 is 18.1. The van der Waals surface area contributed by atoms with E-state index in [2.05, 4.69) is 35.3 Å². The van der Waals surface area contributed by atoms with Crippen LogP contribution in [0.4, 0.5) is 0 Å². The van der Waals surface area contributed by atoms with Crippen molar-refractivity contribution in [2.75, 3.05) is 6.61 Å². The van der Waals surface area contributed by atoms with Gasteiger partial charge in [-0.2, -0.15) is 0 Å². The molecule has 2 aliphatic heterocycles. The number of rotatable bonds is 3. The van der Waals surface area contributed by atoms with Gasteiger partial charge in [-0.1, -0.05) is 55.5 Å². The highest BCUT2D eigenvalue weighted by Gasteiger charge is 2.39. The van der Waals surface area contributed by atoms with Crippen LogP contribution in [-0.4, -0.2) is 16.8 Å². The Hall–Kier alpha value is -2.66. The number of hydrogen-bond acceptors (Lipinski definition) is 5. The maximum Gasteiger partial charge on any atom is 0.257 e. The third-order valence-electron chi connectivity index (χ3n) is 5.35. The van der Waals surface area contributed by atoms with Crippen molar-refractivity contribution in [2.24, 2.45) is 0 Å². The van der Waals surface area contributed by atoms with Crippen LogP contribution in [0, 0.1) is 0 Å². The van der Waals surface area contributed by atoms with Gasteiger partial charge in [0.2, 0.25) is 5.89 Å². The zero-order chi connectivity index (χ0) is 17.5. The van der Waals surface area contributed by atoms with Crippen LogP contribution in [0.1, 0.15) is 60.3 Å². The van der Waals surface area contributed by atoms with Crippen LogP contribution < -0.4 is 4.74 Å². The van der Waals surface area contributed by atoms with Gasteiger partial charge in [0.15, 0.2) is 6.10 Å². The Morgan fingerprint density at radius 2 is 1.65 bits per heavy atom. The van der Waals surface area contributed by atoms with Gasteiger partial charge in [0.25, 0.3) is 5.89 Å². The maximum absolute atomic E-state index is 6.08. The standard InChI is InChI=1S/C21H20N2O3/c1-13-15-9-5-6-10-17(15)25-18(13)21-23-22-20(26-21)16-11-12-24-19(16)14-7-3-2-4-8-14/h2-10,13,16,18-19H,11-12H2,1H3/t13-,16-,18-,19+/m0/s1. The summed E-state index contributed by atoms with van der Waals surface area (Å²) in [6.45, 7) is 2.83. The number of fused-ring (bicyclic) bond motifs is 1. The van der Waals surface area contributed by atoms with Gasteiger partial charge in [-0.25, -0.2) is 0 Å². The van der Waals surface area contributed by atoms with Crippen molar-refractivity contribution in [1.29, 1.82) is 0 Å². The van der Waals surface area contributed by atoms with E-state index >= 15 is 0 Å². The SMILES string of the molecule is C[C@H]1c2ccccc2O[C@@H]1c1nnc([C@H]2CCO[C@@H]2c2ccccc2)o1. The number of ether oxygens (including phenoxy) is 2. The van der Waals surface area contributed by atoms with Crippen LogP contribution in [0.5, 0.6) is 5.75 Å². The summed E-state index contributed by atoms with van der Waals surface area (Å²) in [5, 5.41) is 8.65. The first-order valence-corrected chi connectivity index (χ1v) is 9.06. The van der Waals surface area contributed by atoms with Gasteiger partial charge in [0, 0.05) is 18.1 Å². The van der Waals surface area contributed by atoms with Gasteiger partial charge in [-0.05, 0) is 18.1 Å². The molecule has 3 aromatic rings. The van der Waals surface area contributed by atoms with Crippen molar-refractivity contribution in [3.05, 3.63) is 77.5 Å². The number of para-hydroxylation sites is 1. The summed E-state index contributed by atoms with van der Waals surface area (Å²) >= 11 is 0. The molecule has 0 bridgehead atoms. The predicted molar refractivity (Wildman–Crippen MR) is 95.0 cm³/mol. The van der Waals surface area contributed by atoms with Crippen LogP contribution in [-0.2, 0) is 4.74 Å². The second-order valence-electron chi connectivity index (χ2n) is 6.94. The number of aromatic nitrogens is 2. The highest BCUT2D eigenvalue weighted by atomic mass is 16.5. The Labute approximate surface area is 152 Å².